The van der Waals surface area contributed by atoms with E-state index in [0.29, 0.717) is 32.6 Å². The van der Waals surface area contributed by atoms with Gasteiger partial charge in [0.25, 0.3) is 0 Å². The first-order valence-corrected chi connectivity index (χ1v) is 4.59. The first kappa shape index (κ1) is 10.5. The highest BCUT2D eigenvalue weighted by atomic mass is 16.5. The smallest absolute Gasteiger partial charge is 0.0925 e. The van der Waals surface area contributed by atoms with Gasteiger partial charge in [0.1, 0.15) is 0 Å². The minimum atomic E-state index is -0.677. The van der Waals surface area contributed by atoms with Crippen LogP contribution in [-0.2, 0) is 4.74 Å². The van der Waals surface area contributed by atoms with Crippen molar-refractivity contribution in [2.24, 2.45) is 0 Å². The molecule has 0 aromatic heterocycles. The SMILES string of the molecule is CC(C#N)NCC1(O)CCOCC1. The molecule has 0 saturated carbocycles. The lowest BCUT2D eigenvalue weighted by Crippen LogP contribution is -2.46. The van der Waals surface area contributed by atoms with Crippen molar-refractivity contribution >= 4 is 0 Å². The van der Waals surface area contributed by atoms with Crippen LogP contribution in [0.2, 0.25) is 0 Å². The van der Waals surface area contributed by atoms with Gasteiger partial charge in [-0.2, -0.15) is 5.26 Å². The van der Waals surface area contributed by atoms with Gasteiger partial charge in [-0.1, -0.05) is 0 Å². The molecule has 1 aliphatic heterocycles. The van der Waals surface area contributed by atoms with Crippen LogP contribution in [0.15, 0.2) is 0 Å². The summed E-state index contributed by atoms with van der Waals surface area (Å²) in [6.45, 7) is 3.48. The quantitative estimate of drug-likeness (QED) is 0.649. The number of nitriles is 1. The van der Waals surface area contributed by atoms with E-state index >= 15 is 0 Å². The van der Waals surface area contributed by atoms with Gasteiger partial charge in [0.2, 0.25) is 0 Å². The largest absolute Gasteiger partial charge is 0.388 e. The monoisotopic (exact) mass is 184 g/mol. The van der Waals surface area contributed by atoms with Crippen molar-refractivity contribution in [3.05, 3.63) is 0 Å². The van der Waals surface area contributed by atoms with Crippen LogP contribution in [0.3, 0.4) is 0 Å². The second-order valence-corrected chi connectivity index (χ2v) is 3.57. The van der Waals surface area contributed by atoms with E-state index in [0.717, 1.165) is 0 Å². The molecular formula is C9H16N2O2. The first-order chi connectivity index (χ1) is 6.16. The summed E-state index contributed by atoms with van der Waals surface area (Å²) < 4.78 is 5.15. The predicted molar refractivity (Wildman–Crippen MR) is 48.1 cm³/mol. The van der Waals surface area contributed by atoms with Crippen molar-refractivity contribution in [2.45, 2.75) is 31.4 Å². The molecule has 1 heterocycles. The molecule has 1 unspecified atom stereocenters. The molecule has 1 rings (SSSR count). The van der Waals surface area contributed by atoms with Crippen molar-refractivity contribution in [3.63, 3.8) is 0 Å². The summed E-state index contributed by atoms with van der Waals surface area (Å²) in [6, 6.07) is 1.87. The number of rotatable bonds is 3. The third-order valence-electron chi connectivity index (χ3n) is 2.35. The average molecular weight is 184 g/mol. The zero-order chi connectivity index (χ0) is 9.73. The van der Waals surface area contributed by atoms with Gasteiger partial charge < -0.3 is 9.84 Å². The van der Waals surface area contributed by atoms with Crippen LogP contribution in [0.5, 0.6) is 0 Å². The first-order valence-electron chi connectivity index (χ1n) is 4.59. The fourth-order valence-corrected chi connectivity index (χ4v) is 1.32. The van der Waals surface area contributed by atoms with E-state index in [9.17, 15) is 5.11 Å². The lowest BCUT2D eigenvalue weighted by Gasteiger charge is -2.32. The number of hydrogen-bond donors (Lipinski definition) is 2. The molecule has 4 heteroatoms. The summed E-state index contributed by atoms with van der Waals surface area (Å²) in [6.07, 6.45) is 1.30. The van der Waals surface area contributed by atoms with Gasteiger partial charge in [-0.25, -0.2) is 0 Å². The third kappa shape index (κ3) is 3.31. The molecule has 0 radical (unpaired) electrons. The Kier molecular flexibility index (Phi) is 3.67. The number of aliphatic hydroxyl groups is 1. The average Bonchev–Trinajstić information content (AvgIpc) is 2.15. The standard InChI is InChI=1S/C9H16N2O2/c1-8(6-10)11-7-9(12)2-4-13-5-3-9/h8,11-12H,2-5,7H2,1H3. The molecule has 0 aromatic carbocycles. The molecule has 74 valence electrons. The third-order valence-corrected chi connectivity index (χ3v) is 2.35. The minimum absolute atomic E-state index is 0.202. The molecule has 1 saturated heterocycles. The number of nitrogens with zero attached hydrogens (tertiary/aromatic N) is 1. The molecule has 4 nitrogen and oxygen atoms in total. The second-order valence-electron chi connectivity index (χ2n) is 3.57. The molecule has 2 N–H and O–H groups in total. The molecule has 0 aliphatic carbocycles. The van der Waals surface area contributed by atoms with Gasteiger partial charge in [0.15, 0.2) is 0 Å². The molecule has 0 amide bonds. The van der Waals surface area contributed by atoms with Crippen LogP contribution in [0.25, 0.3) is 0 Å². The molecule has 1 aliphatic rings. The van der Waals surface area contributed by atoms with Crippen LogP contribution in [0.4, 0.5) is 0 Å². The summed E-state index contributed by atoms with van der Waals surface area (Å²) in [4.78, 5) is 0. The van der Waals surface area contributed by atoms with E-state index in [1.165, 1.54) is 0 Å². The molecular weight excluding hydrogens is 168 g/mol. The molecule has 1 atom stereocenters. The van der Waals surface area contributed by atoms with Gasteiger partial charge in [0.05, 0.1) is 17.7 Å². The normalized spacial score (nSPS) is 23.5. The maximum atomic E-state index is 9.96. The molecule has 1 fully saturated rings. The molecule has 0 bridgehead atoms. The maximum Gasteiger partial charge on any atom is 0.0925 e. The van der Waals surface area contributed by atoms with Crippen molar-refractivity contribution in [1.29, 1.82) is 5.26 Å². The highest BCUT2D eigenvalue weighted by Crippen LogP contribution is 2.19. The summed E-state index contributed by atoms with van der Waals surface area (Å²) in [5, 5.41) is 21.5. The number of hydrogen-bond acceptors (Lipinski definition) is 4. The van der Waals surface area contributed by atoms with Crippen LogP contribution < -0.4 is 5.32 Å². The fourth-order valence-electron chi connectivity index (χ4n) is 1.32. The zero-order valence-corrected chi connectivity index (χ0v) is 7.92. The summed E-state index contributed by atoms with van der Waals surface area (Å²) in [5.74, 6) is 0. The maximum absolute atomic E-state index is 9.96. The van der Waals surface area contributed by atoms with Gasteiger partial charge in [-0.3, -0.25) is 5.32 Å². The second kappa shape index (κ2) is 4.56. The molecule has 0 aromatic rings. The predicted octanol–water partition coefficient (Wildman–Crippen LogP) is 0.0296. The van der Waals surface area contributed by atoms with Crippen molar-refractivity contribution in [2.75, 3.05) is 19.8 Å². The van der Waals surface area contributed by atoms with Crippen LogP contribution >= 0.6 is 0 Å². The Bertz CT molecular complexity index is 194. The molecule has 0 spiro atoms. The number of ether oxygens (including phenoxy) is 1. The number of nitrogens with one attached hydrogen (secondary N) is 1. The Labute approximate surface area is 78.5 Å². The molecule has 13 heavy (non-hydrogen) atoms. The van der Waals surface area contributed by atoms with Gasteiger partial charge in [0, 0.05) is 32.6 Å². The summed E-state index contributed by atoms with van der Waals surface area (Å²) in [7, 11) is 0. The Balaban J connectivity index is 2.29. The Morgan fingerprint density at radius 3 is 2.77 bits per heavy atom. The zero-order valence-electron chi connectivity index (χ0n) is 7.92. The lowest BCUT2D eigenvalue weighted by molar-refractivity contribution is -0.0619. The Morgan fingerprint density at radius 1 is 1.62 bits per heavy atom. The van der Waals surface area contributed by atoms with Gasteiger partial charge in [-0.05, 0) is 6.92 Å². The van der Waals surface area contributed by atoms with Gasteiger partial charge >= 0.3 is 0 Å². The fraction of sp³-hybridized carbons (Fsp3) is 0.889. The topological polar surface area (TPSA) is 65.3 Å². The van der Waals surface area contributed by atoms with E-state index in [-0.39, 0.29) is 6.04 Å². The van der Waals surface area contributed by atoms with E-state index < -0.39 is 5.60 Å². The Morgan fingerprint density at radius 2 is 2.23 bits per heavy atom. The van der Waals surface area contributed by atoms with E-state index in [1.54, 1.807) is 6.92 Å². The lowest BCUT2D eigenvalue weighted by atomic mass is 9.94. The van der Waals surface area contributed by atoms with Crippen LogP contribution in [0, 0.1) is 11.3 Å². The van der Waals surface area contributed by atoms with Crippen molar-refractivity contribution in [3.8, 4) is 6.07 Å². The summed E-state index contributed by atoms with van der Waals surface area (Å²) in [5.41, 5.74) is -0.677. The van der Waals surface area contributed by atoms with E-state index in [4.69, 9.17) is 10.00 Å². The van der Waals surface area contributed by atoms with Crippen molar-refractivity contribution in [1.82, 2.24) is 5.32 Å². The minimum Gasteiger partial charge on any atom is -0.388 e. The van der Waals surface area contributed by atoms with E-state index in [1.807, 2.05) is 0 Å². The van der Waals surface area contributed by atoms with Gasteiger partial charge in [-0.15, -0.1) is 0 Å². The van der Waals surface area contributed by atoms with Crippen molar-refractivity contribution < 1.29 is 9.84 Å². The Hall–Kier alpha value is -0.630. The van der Waals surface area contributed by atoms with Crippen LogP contribution in [0.1, 0.15) is 19.8 Å². The highest BCUT2D eigenvalue weighted by molar-refractivity contribution is 4.90. The summed E-state index contributed by atoms with van der Waals surface area (Å²) >= 11 is 0. The van der Waals surface area contributed by atoms with Crippen LogP contribution in [-0.4, -0.2) is 36.5 Å². The highest BCUT2D eigenvalue weighted by Gasteiger charge is 2.29. The van der Waals surface area contributed by atoms with E-state index in [2.05, 4.69) is 11.4 Å².